The molecule has 5 nitrogen and oxygen atoms in total. The number of thiophene rings is 1. The summed E-state index contributed by atoms with van der Waals surface area (Å²) >= 11 is 3.31. The average molecular weight is 361 g/mol. The van der Waals surface area contributed by atoms with Crippen LogP contribution >= 0.6 is 22.7 Å². The highest BCUT2D eigenvalue weighted by Gasteiger charge is 2.13. The zero-order valence-electron chi connectivity index (χ0n) is 13.8. The van der Waals surface area contributed by atoms with Gasteiger partial charge < -0.3 is 9.47 Å². The SMILES string of the molecule is CCc1nccn1CCC(=O)N(C)Cc1csc(-c2cccs2)n1. The predicted molar refractivity (Wildman–Crippen MR) is 98.1 cm³/mol. The van der Waals surface area contributed by atoms with Crippen molar-refractivity contribution in [2.75, 3.05) is 7.05 Å². The zero-order chi connectivity index (χ0) is 16.9. The van der Waals surface area contributed by atoms with Crippen molar-refractivity contribution in [3.8, 4) is 9.88 Å². The number of thiazole rings is 1. The molecule has 0 atom stereocenters. The van der Waals surface area contributed by atoms with Gasteiger partial charge >= 0.3 is 0 Å². The first-order valence-electron chi connectivity index (χ1n) is 7.89. The normalized spacial score (nSPS) is 10.9. The summed E-state index contributed by atoms with van der Waals surface area (Å²) in [6, 6.07) is 4.09. The maximum absolute atomic E-state index is 12.3. The fourth-order valence-corrected chi connectivity index (χ4v) is 4.11. The Hall–Kier alpha value is -1.99. The largest absolute Gasteiger partial charge is 0.340 e. The van der Waals surface area contributed by atoms with Gasteiger partial charge in [0.1, 0.15) is 10.8 Å². The van der Waals surface area contributed by atoms with Crippen LogP contribution < -0.4 is 0 Å². The molecule has 0 unspecified atom stereocenters. The van der Waals surface area contributed by atoms with E-state index < -0.39 is 0 Å². The topological polar surface area (TPSA) is 51.0 Å². The van der Waals surface area contributed by atoms with Crippen molar-refractivity contribution < 1.29 is 4.79 Å². The van der Waals surface area contributed by atoms with Crippen molar-refractivity contribution in [2.45, 2.75) is 32.9 Å². The fourth-order valence-electron chi connectivity index (χ4n) is 2.49. The van der Waals surface area contributed by atoms with Gasteiger partial charge in [-0.05, 0) is 11.4 Å². The van der Waals surface area contributed by atoms with Gasteiger partial charge in [-0.2, -0.15) is 0 Å². The first kappa shape index (κ1) is 16.9. The van der Waals surface area contributed by atoms with Crippen molar-refractivity contribution in [3.63, 3.8) is 0 Å². The van der Waals surface area contributed by atoms with Crippen LogP contribution in [-0.4, -0.2) is 32.4 Å². The second kappa shape index (κ2) is 7.72. The number of amides is 1. The molecule has 7 heteroatoms. The van der Waals surface area contributed by atoms with E-state index in [0.717, 1.165) is 22.9 Å². The van der Waals surface area contributed by atoms with Crippen molar-refractivity contribution >= 4 is 28.6 Å². The number of carbonyl (C=O) groups is 1. The van der Waals surface area contributed by atoms with Crippen molar-refractivity contribution in [2.24, 2.45) is 0 Å². The second-order valence-corrected chi connectivity index (χ2v) is 7.32. The molecule has 0 fully saturated rings. The van der Waals surface area contributed by atoms with E-state index in [4.69, 9.17) is 0 Å². The highest BCUT2D eigenvalue weighted by molar-refractivity contribution is 7.20. The number of carbonyl (C=O) groups excluding carboxylic acids is 1. The van der Waals surface area contributed by atoms with Crippen LogP contribution in [0.5, 0.6) is 0 Å². The zero-order valence-corrected chi connectivity index (χ0v) is 15.4. The molecule has 0 aromatic carbocycles. The molecular formula is C17H20N4OS2. The van der Waals surface area contributed by atoms with E-state index >= 15 is 0 Å². The molecule has 3 heterocycles. The number of nitrogens with zero attached hydrogens (tertiary/aromatic N) is 4. The minimum absolute atomic E-state index is 0.122. The Kier molecular flexibility index (Phi) is 5.42. The van der Waals surface area contributed by atoms with Gasteiger partial charge in [-0.15, -0.1) is 22.7 Å². The lowest BCUT2D eigenvalue weighted by Crippen LogP contribution is -2.27. The third kappa shape index (κ3) is 3.91. The number of aryl methyl sites for hydroxylation is 2. The average Bonchev–Trinajstić information content (AvgIpc) is 3.32. The van der Waals surface area contributed by atoms with E-state index in [-0.39, 0.29) is 5.91 Å². The van der Waals surface area contributed by atoms with Crippen LogP contribution in [-0.2, 0) is 24.3 Å². The van der Waals surface area contributed by atoms with Crippen LogP contribution in [0.2, 0.25) is 0 Å². The van der Waals surface area contributed by atoms with Crippen LogP contribution in [0.15, 0.2) is 35.3 Å². The van der Waals surface area contributed by atoms with Crippen LogP contribution in [0.25, 0.3) is 9.88 Å². The smallest absolute Gasteiger partial charge is 0.224 e. The summed E-state index contributed by atoms with van der Waals surface area (Å²) in [6.45, 7) is 3.29. The molecule has 0 radical (unpaired) electrons. The first-order chi connectivity index (χ1) is 11.7. The van der Waals surface area contributed by atoms with Crippen molar-refractivity contribution in [3.05, 3.63) is 46.8 Å². The molecular weight excluding hydrogens is 340 g/mol. The van der Waals surface area contributed by atoms with Crippen LogP contribution in [0, 0.1) is 0 Å². The monoisotopic (exact) mass is 360 g/mol. The highest BCUT2D eigenvalue weighted by Crippen LogP contribution is 2.28. The van der Waals surface area contributed by atoms with Gasteiger partial charge in [-0.1, -0.05) is 13.0 Å². The molecule has 0 aliphatic heterocycles. The summed E-state index contributed by atoms with van der Waals surface area (Å²) in [5, 5.41) is 5.10. The maximum atomic E-state index is 12.3. The Morgan fingerprint density at radius 2 is 2.25 bits per heavy atom. The second-order valence-electron chi connectivity index (χ2n) is 5.51. The minimum Gasteiger partial charge on any atom is -0.340 e. The Morgan fingerprint density at radius 1 is 1.38 bits per heavy atom. The molecule has 0 bridgehead atoms. The quantitative estimate of drug-likeness (QED) is 0.646. The van der Waals surface area contributed by atoms with Crippen LogP contribution in [0.1, 0.15) is 24.9 Å². The summed E-state index contributed by atoms with van der Waals surface area (Å²) in [5.41, 5.74) is 0.941. The van der Waals surface area contributed by atoms with Gasteiger partial charge in [-0.25, -0.2) is 9.97 Å². The summed E-state index contributed by atoms with van der Waals surface area (Å²) in [5.74, 6) is 1.14. The first-order valence-corrected chi connectivity index (χ1v) is 9.65. The molecule has 0 N–H and O–H groups in total. The number of aromatic nitrogens is 3. The lowest BCUT2D eigenvalue weighted by Gasteiger charge is -2.16. The Bertz CT molecular complexity index is 791. The molecule has 3 aromatic rings. The van der Waals surface area contributed by atoms with E-state index in [1.54, 1.807) is 33.8 Å². The molecule has 0 saturated heterocycles. The number of hydrogen-bond acceptors (Lipinski definition) is 5. The molecule has 0 aliphatic carbocycles. The summed E-state index contributed by atoms with van der Waals surface area (Å²) in [7, 11) is 1.83. The minimum atomic E-state index is 0.122. The van der Waals surface area contributed by atoms with Crippen LogP contribution in [0.3, 0.4) is 0 Å². The van der Waals surface area contributed by atoms with Gasteiger partial charge in [-0.3, -0.25) is 4.79 Å². The Morgan fingerprint density at radius 3 is 3.00 bits per heavy atom. The van der Waals surface area contributed by atoms with Gasteiger partial charge in [0.05, 0.1) is 17.1 Å². The third-order valence-electron chi connectivity index (χ3n) is 3.79. The standard InChI is InChI=1S/C17H20N4OS2/c1-3-15-18-7-9-21(15)8-6-16(22)20(2)11-13-12-24-17(19-13)14-5-4-10-23-14/h4-5,7,9-10,12H,3,6,8,11H2,1-2H3. The maximum Gasteiger partial charge on any atom is 0.224 e. The van der Waals surface area contributed by atoms with Crippen molar-refractivity contribution in [1.82, 2.24) is 19.4 Å². The molecule has 0 spiro atoms. The molecule has 0 saturated carbocycles. The number of imidazole rings is 1. The van der Waals surface area contributed by atoms with E-state index in [0.29, 0.717) is 19.5 Å². The van der Waals surface area contributed by atoms with Crippen LogP contribution in [0.4, 0.5) is 0 Å². The third-order valence-corrected chi connectivity index (χ3v) is 5.72. The fraction of sp³-hybridized carbons (Fsp3) is 0.353. The van der Waals surface area contributed by atoms with E-state index in [1.807, 2.05) is 34.6 Å². The highest BCUT2D eigenvalue weighted by atomic mass is 32.1. The summed E-state index contributed by atoms with van der Waals surface area (Å²) in [6.07, 6.45) is 5.07. The van der Waals surface area contributed by atoms with Gasteiger partial charge in [0.25, 0.3) is 0 Å². The lowest BCUT2D eigenvalue weighted by molar-refractivity contribution is -0.130. The molecule has 0 aliphatic rings. The van der Waals surface area contributed by atoms with Gasteiger partial charge in [0.2, 0.25) is 5.91 Å². The van der Waals surface area contributed by atoms with E-state index in [1.165, 1.54) is 4.88 Å². The number of hydrogen-bond donors (Lipinski definition) is 0. The Labute approximate surface area is 149 Å². The lowest BCUT2D eigenvalue weighted by atomic mass is 10.3. The van der Waals surface area contributed by atoms with Gasteiger partial charge in [0, 0.05) is 44.2 Å². The molecule has 1 amide bonds. The van der Waals surface area contributed by atoms with Crippen molar-refractivity contribution in [1.29, 1.82) is 0 Å². The predicted octanol–water partition coefficient (Wildman–Crippen LogP) is 3.68. The molecule has 3 aromatic heterocycles. The molecule has 3 rings (SSSR count). The van der Waals surface area contributed by atoms with E-state index in [9.17, 15) is 4.79 Å². The Balaban J connectivity index is 1.54. The molecule has 24 heavy (non-hydrogen) atoms. The number of rotatable bonds is 7. The van der Waals surface area contributed by atoms with E-state index in [2.05, 4.69) is 23.0 Å². The summed E-state index contributed by atoms with van der Waals surface area (Å²) < 4.78 is 2.05. The van der Waals surface area contributed by atoms with Gasteiger partial charge in [0.15, 0.2) is 0 Å². The summed E-state index contributed by atoms with van der Waals surface area (Å²) in [4.78, 5) is 24.2. The molecule has 126 valence electrons.